The zero-order chi connectivity index (χ0) is 43.5. The molecule has 1 saturated carbocycles. The predicted octanol–water partition coefficient (Wildman–Crippen LogP) is 3.44. The number of likely N-dealkylation sites (tertiary alicyclic amines) is 1. The Morgan fingerprint density at radius 1 is 0.952 bits per heavy atom. The van der Waals surface area contributed by atoms with E-state index in [-0.39, 0.29) is 53.2 Å². The van der Waals surface area contributed by atoms with Crippen LogP contribution in [0.3, 0.4) is 0 Å². The first-order chi connectivity index (χ1) is 29.9. The van der Waals surface area contributed by atoms with Crippen molar-refractivity contribution in [2.75, 3.05) is 86.5 Å². The van der Waals surface area contributed by atoms with Crippen LogP contribution in [-0.4, -0.2) is 139 Å². The first-order valence-electron chi connectivity index (χ1n) is 21.5. The molecule has 0 radical (unpaired) electrons. The molecule has 19 heteroatoms. The molecule has 8 rings (SSSR count). The molecule has 0 spiro atoms. The summed E-state index contributed by atoms with van der Waals surface area (Å²) in [6.45, 7) is 4.00. The highest BCUT2D eigenvalue weighted by Gasteiger charge is 2.49. The van der Waals surface area contributed by atoms with Crippen LogP contribution in [0.1, 0.15) is 79.8 Å². The minimum atomic E-state index is -3.59. The lowest BCUT2D eigenvalue weighted by molar-refractivity contribution is -0.140. The summed E-state index contributed by atoms with van der Waals surface area (Å²) in [4.78, 5) is 85.8. The van der Waals surface area contributed by atoms with E-state index in [9.17, 15) is 24.0 Å². The number of pyridine rings is 1. The van der Waals surface area contributed by atoms with Crippen LogP contribution < -0.4 is 35.4 Å². The van der Waals surface area contributed by atoms with Crippen molar-refractivity contribution in [1.29, 1.82) is 0 Å². The third-order valence-electron chi connectivity index (χ3n) is 12.7. The summed E-state index contributed by atoms with van der Waals surface area (Å²) >= 11 is 0. The number of benzene rings is 1. The average molecular weight is 858 g/mol. The Labute approximate surface area is 358 Å². The van der Waals surface area contributed by atoms with Crippen LogP contribution in [-0.2, 0) is 19.2 Å². The molecule has 17 nitrogen and oxygen atoms in total. The van der Waals surface area contributed by atoms with Crippen LogP contribution in [0.2, 0.25) is 0 Å². The molecule has 5 aliphatic rings. The summed E-state index contributed by atoms with van der Waals surface area (Å²) in [6, 6.07) is 10.3. The molecular formula is C43H53F2N11O6. The number of methoxy groups -OCH3 is 1. The number of rotatable bonds is 11. The largest absolute Gasteiger partial charge is 0.495 e. The summed E-state index contributed by atoms with van der Waals surface area (Å²) in [6.07, 6.45) is 7.05. The summed E-state index contributed by atoms with van der Waals surface area (Å²) in [5.74, 6) is -4.52. The number of carbonyl (C=O) groups is 5. The van der Waals surface area contributed by atoms with E-state index in [1.807, 2.05) is 23.1 Å². The van der Waals surface area contributed by atoms with Gasteiger partial charge in [0.15, 0.2) is 5.82 Å². The van der Waals surface area contributed by atoms with Gasteiger partial charge in [-0.2, -0.15) is 13.8 Å². The maximum Gasteiger partial charge on any atom is 0.342 e. The Kier molecular flexibility index (Phi) is 12.5. The fourth-order valence-electron chi connectivity index (χ4n) is 9.10. The van der Waals surface area contributed by atoms with Gasteiger partial charge >= 0.3 is 5.92 Å². The third kappa shape index (κ3) is 9.27. The van der Waals surface area contributed by atoms with Gasteiger partial charge in [0.25, 0.3) is 11.8 Å². The van der Waals surface area contributed by atoms with Crippen LogP contribution in [0.4, 0.5) is 37.7 Å². The molecule has 330 valence electrons. The van der Waals surface area contributed by atoms with Gasteiger partial charge in [0.05, 0.1) is 37.2 Å². The van der Waals surface area contributed by atoms with Crippen LogP contribution in [0.25, 0.3) is 0 Å². The number of alkyl halides is 2. The number of ether oxygens (including phenoxy) is 1. The lowest BCUT2D eigenvalue weighted by atomic mass is 9.94. The first kappa shape index (κ1) is 42.7. The number of carbonyl (C=O) groups excluding carboxylic acids is 5. The fraction of sp³-hybridized carbons (Fsp3) is 0.535. The molecule has 4 fully saturated rings. The fourth-order valence-corrected chi connectivity index (χ4v) is 9.10. The monoisotopic (exact) mass is 857 g/mol. The molecule has 5 amide bonds. The molecule has 1 aromatic carbocycles. The Morgan fingerprint density at radius 2 is 1.71 bits per heavy atom. The highest BCUT2D eigenvalue weighted by molar-refractivity contribution is 6.02. The minimum Gasteiger partial charge on any atom is -0.495 e. The number of piperidine rings is 2. The van der Waals surface area contributed by atoms with Crippen molar-refractivity contribution in [3.63, 3.8) is 0 Å². The molecule has 6 heterocycles. The number of amides is 5. The second kappa shape index (κ2) is 18.2. The zero-order valence-corrected chi connectivity index (χ0v) is 35.1. The SMILES string of the molecule is COc1cc(C(=O)NC2CCN(C(=O)CCN3CCN(c4cccc(C5CCC(=O)NC5=O)n4)CC3)CC2)ccc1Nc1ncc2c(n1)N(C1CCCC1)CC(F)(F)C(=O)N2C. The van der Waals surface area contributed by atoms with Crippen molar-refractivity contribution >= 4 is 58.5 Å². The van der Waals surface area contributed by atoms with E-state index in [4.69, 9.17) is 9.72 Å². The van der Waals surface area contributed by atoms with Crippen molar-refractivity contribution in [3.8, 4) is 5.75 Å². The standard InChI is InChI=1S/C43H53F2N11O6/c1-52-33-25-46-42(51-38(33)56(29-6-3-4-7-29)26-43(44,45)41(52)61)49-32-12-10-27(24-34(32)62-2)39(59)47-28-14-18-55(19-15-28)37(58)16-17-53-20-22-54(23-21-53)35-9-5-8-31(48-35)30-11-13-36(57)50-40(30)60/h5,8-10,12,24-25,28-30H,3-4,6-7,11,13-23,26H2,1-2H3,(H,47,59)(H,46,49,51)(H,50,57,60). The summed E-state index contributed by atoms with van der Waals surface area (Å²) in [7, 11) is 2.78. The number of piperazine rings is 1. The Hall–Kier alpha value is -5.98. The van der Waals surface area contributed by atoms with E-state index in [1.54, 1.807) is 23.1 Å². The minimum absolute atomic E-state index is 0.0896. The maximum atomic E-state index is 15.0. The number of anilines is 5. The molecule has 0 bridgehead atoms. The van der Waals surface area contributed by atoms with Crippen LogP contribution in [0, 0.1) is 0 Å². The molecule has 1 aliphatic carbocycles. The van der Waals surface area contributed by atoms with Crippen LogP contribution in [0.15, 0.2) is 42.6 Å². The number of halogens is 2. The van der Waals surface area contributed by atoms with Crippen molar-refractivity contribution in [1.82, 2.24) is 35.4 Å². The molecule has 1 unspecified atom stereocenters. The Balaban J connectivity index is 0.801. The van der Waals surface area contributed by atoms with Gasteiger partial charge in [-0.15, -0.1) is 0 Å². The molecule has 3 aromatic rings. The zero-order valence-electron chi connectivity index (χ0n) is 35.1. The highest BCUT2D eigenvalue weighted by atomic mass is 19.3. The van der Waals surface area contributed by atoms with E-state index in [0.29, 0.717) is 74.4 Å². The number of nitrogens with one attached hydrogen (secondary N) is 3. The second-order valence-corrected chi connectivity index (χ2v) is 16.7. The van der Waals surface area contributed by atoms with Crippen molar-refractivity contribution in [3.05, 3.63) is 53.9 Å². The number of imide groups is 1. The van der Waals surface area contributed by atoms with Crippen LogP contribution in [0.5, 0.6) is 5.75 Å². The first-order valence-corrected chi connectivity index (χ1v) is 21.5. The topological polar surface area (TPSA) is 186 Å². The van der Waals surface area contributed by atoms with Crippen molar-refractivity contribution in [2.24, 2.45) is 0 Å². The molecule has 1 atom stereocenters. The number of fused-ring (bicyclic) bond motifs is 1. The van der Waals surface area contributed by atoms with Gasteiger partial charge < -0.3 is 35.0 Å². The van der Waals surface area contributed by atoms with Crippen molar-refractivity contribution in [2.45, 2.75) is 81.7 Å². The van der Waals surface area contributed by atoms with E-state index >= 15 is 8.78 Å². The van der Waals surface area contributed by atoms with Gasteiger partial charge in [-0.1, -0.05) is 18.9 Å². The van der Waals surface area contributed by atoms with Gasteiger partial charge in [-0.05, 0) is 62.4 Å². The number of hydrogen-bond donors (Lipinski definition) is 3. The summed E-state index contributed by atoms with van der Waals surface area (Å²) in [5, 5.41) is 8.62. The second-order valence-electron chi connectivity index (χ2n) is 16.7. The molecule has 4 aliphatic heterocycles. The molecule has 62 heavy (non-hydrogen) atoms. The lowest BCUT2D eigenvalue weighted by Gasteiger charge is -2.36. The summed E-state index contributed by atoms with van der Waals surface area (Å²) < 4.78 is 35.7. The van der Waals surface area contributed by atoms with E-state index in [2.05, 4.69) is 35.7 Å². The highest BCUT2D eigenvalue weighted by Crippen LogP contribution is 2.40. The number of aromatic nitrogens is 3. The maximum absolute atomic E-state index is 15.0. The summed E-state index contributed by atoms with van der Waals surface area (Å²) in [5.41, 5.74) is 1.71. The van der Waals surface area contributed by atoms with E-state index in [1.165, 1.54) is 20.4 Å². The smallest absolute Gasteiger partial charge is 0.342 e. The van der Waals surface area contributed by atoms with Crippen LogP contribution >= 0.6 is 0 Å². The molecular weight excluding hydrogens is 805 g/mol. The average Bonchev–Trinajstić information content (AvgIpc) is 3.81. The van der Waals surface area contributed by atoms with Gasteiger partial charge in [-0.25, -0.2) is 9.97 Å². The Bertz CT molecular complexity index is 2190. The third-order valence-corrected chi connectivity index (χ3v) is 12.7. The molecule has 3 saturated heterocycles. The Morgan fingerprint density at radius 3 is 2.44 bits per heavy atom. The van der Waals surface area contributed by atoms with E-state index in [0.717, 1.165) is 62.6 Å². The quantitative estimate of drug-likeness (QED) is 0.239. The van der Waals surface area contributed by atoms with Gasteiger partial charge in [0.1, 0.15) is 17.3 Å². The van der Waals surface area contributed by atoms with Gasteiger partial charge in [-0.3, -0.25) is 34.2 Å². The predicted molar refractivity (Wildman–Crippen MR) is 226 cm³/mol. The van der Waals surface area contributed by atoms with Crippen molar-refractivity contribution < 1.29 is 37.5 Å². The van der Waals surface area contributed by atoms with E-state index < -0.39 is 24.3 Å². The molecule has 2 aromatic heterocycles. The normalized spacial score (nSPS) is 21.4. The number of hydrogen-bond acceptors (Lipinski definition) is 13. The van der Waals surface area contributed by atoms with Gasteiger partial charge in [0, 0.05) is 83.3 Å². The number of nitrogens with zero attached hydrogens (tertiary/aromatic N) is 8. The van der Waals surface area contributed by atoms with Gasteiger partial charge in [0.2, 0.25) is 23.7 Å². The lowest BCUT2D eigenvalue weighted by Crippen LogP contribution is -2.49. The molecule has 3 N–H and O–H groups in total.